The van der Waals surface area contributed by atoms with Crippen molar-refractivity contribution in [3.8, 4) is 5.75 Å². The Kier molecular flexibility index (Phi) is 4.27. The zero-order chi connectivity index (χ0) is 13.1. The van der Waals surface area contributed by atoms with Crippen LogP contribution >= 0.6 is 35.0 Å². The number of benzene rings is 2. The minimum absolute atomic E-state index is 0.538. The molecule has 0 aliphatic heterocycles. The summed E-state index contributed by atoms with van der Waals surface area (Å²) in [6.07, 6.45) is 0. The number of nitrogens with two attached hydrogens (primary N) is 1. The van der Waals surface area contributed by atoms with Crippen LogP contribution in [-0.4, -0.2) is 7.11 Å². The molecule has 0 aliphatic carbocycles. The Hall–Kier alpha value is -1.03. The smallest absolute Gasteiger partial charge is 0.132 e. The van der Waals surface area contributed by atoms with Gasteiger partial charge in [0.05, 0.1) is 22.1 Å². The number of anilines is 1. The molecule has 0 aliphatic rings. The first kappa shape index (κ1) is 13.4. The fourth-order valence-electron chi connectivity index (χ4n) is 1.49. The molecule has 2 N–H and O–H groups in total. The average Bonchev–Trinajstić information content (AvgIpc) is 2.34. The van der Waals surface area contributed by atoms with Crippen LogP contribution in [0, 0.1) is 0 Å². The van der Waals surface area contributed by atoms with Gasteiger partial charge < -0.3 is 10.5 Å². The molecule has 0 aromatic heterocycles. The largest absolute Gasteiger partial charge is 0.496 e. The average molecular weight is 300 g/mol. The van der Waals surface area contributed by atoms with Gasteiger partial charge in [0.1, 0.15) is 5.75 Å². The number of halogens is 2. The highest BCUT2D eigenvalue weighted by Gasteiger charge is 2.11. The SMILES string of the molecule is COc1ccccc1Sc1c(Cl)cc(N)cc1Cl. The highest BCUT2D eigenvalue weighted by molar-refractivity contribution is 7.99. The molecule has 2 aromatic rings. The number of ether oxygens (including phenoxy) is 1. The van der Waals surface area contributed by atoms with Gasteiger partial charge in [-0.25, -0.2) is 0 Å². The van der Waals surface area contributed by atoms with E-state index in [0.29, 0.717) is 15.7 Å². The molecule has 2 nitrogen and oxygen atoms in total. The summed E-state index contributed by atoms with van der Waals surface area (Å²) in [5.41, 5.74) is 6.23. The maximum absolute atomic E-state index is 6.15. The molecule has 0 spiro atoms. The summed E-state index contributed by atoms with van der Waals surface area (Å²) in [5, 5.41) is 1.08. The van der Waals surface area contributed by atoms with Crippen molar-refractivity contribution in [1.29, 1.82) is 0 Å². The van der Waals surface area contributed by atoms with Crippen LogP contribution in [0.25, 0.3) is 0 Å². The Morgan fingerprint density at radius 3 is 2.33 bits per heavy atom. The summed E-state index contributed by atoms with van der Waals surface area (Å²) < 4.78 is 5.29. The van der Waals surface area contributed by atoms with E-state index in [9.17, 15) is 0 Å². The molecule has 0 fully saturated rings. The monoisotopic (exact) mass is 299 g/mol. The van der Waals surface area contributed by atoms with Crippen molar-refractivity contribution in [2.45, 2.75) is 9.79 Å². The Morgan fingerprint density at radius 1 is 1.11 bits per heavy atom. The molecule has 0 unspecified atom stereocenters. The van der Waals surface area contributed by atoms with Crippen LogP contribution in [0.5, 0.6) is 5.75 Å². The van der Waals surface area contributed by atoms with E-state index in [1.165, 1.54) is 11.8 Å². The molecule has 2 aromatic carbocycles. The standard InChI is InChI=1S/C13H11Cl2NOS/c1-17-11-4-2-3-5-12(11)18-13-9(14)6-8(16)7-10(13)15/h2-7H,16H2,1H3. The van der Waals surface area contributed by atoms with Crippen molar-refractivity contribution >= 4 is 40.7 Å². The van der Waals surface area contributed by atoms with Gasteiger partial charge in [0.15, 0.2) is 0 Å². The summed E-state index contributed by atoms with van der Waals surface area (Å²) in [6.45, 7) is 0. The van der Waals surface area contributed by atoms with E-state index in [4.69, 9.17) is 33.7 Å². The third kappa shape index (κ3) is 2.86. The molecule has 94 valence electrons. The van der Waals surface area contributed by atoms with Crippen LogP contribution < -0.4 is 10.5 Å². The summed E-state index contributed by atoms with van der Waals surface area (Å²) >= 11 is 13.8. The van der Waals surface area contributed by atoms with Crippen molar-refractivity contribution in [2.24, 2.45) is 0 Å². The van der Waals surface area contributed by atoms with Gasteiger partial charge >= 0.3 is 0 Å². The normalized spacial score (nSPS) is 10.4. The van der Waals surface area contributed by atoms with Crippen LogP contribution in [0.4, 0.5) is 5.69 Å². The summed E-state index contributed by atoms with van der Waals surface area (Å²) in [5.74, 6) is 0.784. The van der Waals surface area contributed by atoms with Crippen LogP contribution in [0.1, 0.15) is 0 Å². The molecule has 0 saturated carbocycles. The first-order chi connectivity index (χ1) is 8.61. The summed E-state index contributed by atoms with van der Waals surface area (Å²) in [7, 11) is 1.63. The highest BCUT2D eigenvalue weighted by Crippen LogP contribution is 2.42. The van der Waals surface area contributed by atoms with Gasteiger partial charge in [-0.2, -0.15) is 0 Å². The van der Waals surface area contributed by atoms with E-state index < -0.39 is 0 Å². The first-order valence-corrected chi connectivity index (χ1v) is 6.74. The molecule has 0 heterocycles. The predicted molar refractivity (Wildman–Crippen MR) is 78.0 cm³/mol. The second-order valence-electron chi connectivity index (χ2n) is 3.57. The maximum atomic E-state index is 6.15. The van der Waals surface area contributed by atoms with Crippen LogP contribution in [0.3, 0.4) is 0 Å². The van der Waals surface area contributed by atoms with E-state index in [-0.39, 0.29) is 0 Å². The van der Waals surface area contributed by atoms with Crippen molar-refractivity contribution in [3.63, 3.8) is 0 Å². The van der Waals surface area contributed by atoms with E-state index in [0.717, 1.165) is 15.5 Å². The third-order valence-corrected chi connectivity index (χ3v) is 4.32. The van der Waals surface area contributed by atoms with Crippen molar-refractivity contribution in [1.82, 2.24) is 0 Å². The van der Waals surface area contributed by atoms with Gasteiger partial charge in [-0.3, -0.25) is 0 Å². The van der Waals surface area contributed by atoms with Crippen LogP contribution in [0.2, 0.25) is 10.0 Å². The van der Waals surface area contributed by atoms with E-state index in [1.807, 2.05) is 24.3 Å². The Labute approximate surface area is 120 Å². The van der Waals surface area contributed by atoms with Gasteiger partial charge in [-0.15, -0.1) is 0 Å². The van der Waals surface area contributed by atoms with E-state index in [2.05, 4.69) is 0 Å². The van der Waals surface area contributed by atoms with E-state index >= 15 is 0 Å². The lowest BCUT2D eigenvalue weighted by molar-refractivity contribution is 0.405. The molecule has 0 radical (unpaired) electrons. The number of methoxy groups -OCH3 is 1. The summed E-state index contributed by atoms with van der Waals surface area (Å²) in [6, 6.07) is 11.1. The lowest BCUT2D eigenvalue weighted by Crippen LogP contribution is -1.88. The Morgan fingerprint density at radius 2 is 1.72 bits per heavy atom. The molecule has 5 heteroatoms. The van der Waals surface area contributed by atoms with Crippen LogP contribution in [0.15, 0.2) is 46.2 Å². The van der Waals surface area contributed by atoms with Gasteiger partial charge in [0.2, 0.25) is 0 Å². The number of hydrogen-bond donors (Lipinski definition) is 1. The Balaban J connectivity index is 2.40. The Bertz CT molecular complexity index is 552. The predicted octanol–water partition coefficient (Wildman–Crippen LogP) is 4.74. The van der Waals surface area contributed by atoms with Crippen molar-refractivity contribution in [3.05, 3.63) is 46.4 Å². The van der Waals surface area contributed by atoms with E-state index in [1.54, 1.807) is 19.2 Å². The third-order valence-electron chi connectivity index (χ3n) is 2.30. The minimum atomic E-state index is 0.538. The lowest BCUT2D eigenvalue weighted by atomic mass is 10.3. The molecular formula is C13H11Cl2NOS. The number of para-hydroxylation sites is 1. The zero-order valence-electron chi connectivity index (χ0n) is 9.61. The zero-order valence-corrected chi connectivity index (χ0v) is 11.9. The fraction of sp³-hybridized carbons (Fsp3) is 0.0769. The van der Waals surface area contributed by atoms with Crippen LogP contribution in [-0.2, 0) is 0 Å². The second kappa shape index (κ2) is 5.74. The molecular weight excluding hydrogens is 289 g/mol. The molecule has 0 bridgehead atoms. The van der Waals surface area contributed by atoms with Crippen molar-refractivity contribution in [2.75, 3.05) is 12.8 Å². The molecule has 0 atom stereocenters. The van der Waals surface area contributed by atoms with Gasteiger partial charge in [0, 0.05) is 10.6 Å². The second-order valence-corrected chi connectivity index (χ2v) is 5.43. The quantitative estimate of drug-likeness (QED) is 0.832. The first-order valence-electron chi connectivity index (χ1n) is 5.17. The topological polar surface area (TPSA) is 35.2 Å². The molecule has 0 saturated heterocycles. The summed E-state index contributed by atoms with van der Waals surface area (Å²) in [4.78, 5) is 1.73. The molecule has 2 rings (SSSR count). The fourth-order valence-corrected chi connectivity index (χ4v) is 3.16. The number of hydrogen-bond acceptors (Lipinski definition) is 3. The minimum Gasteiger partial charge on any atom is -0.496 e. The van der Waals surface area contributed by atoms with Gasteiger partial charge in [0.25, 0.3) is 0 Å². The maximum Gasteiger partial charge on any atom is 0.132 e. The number of nitrogen functional groups attached to an aromatic ring is 1. The lowest BCUT2D eigenvalue weighted by Gasteiger charge is -2.10. The van der Waals surface area contributed by atoms with Gasteiger partial charge in [-0.05, 0) is 24.3 Å². The highest BCUT2D eigenvalue weighted by atomic mass is 35.5. The molecule has 0 amide bonds. The molecule has 18 heavy (non-hydrogen) atoms. The van der Waals surface area contributed by atoms with Crippen molar-refractivity contribution < 1.29 is 4.74 Å². The number of rotatable bonds is 3. The van der Waals surface area contributed by atoms with Gasteiger partial charge in [-0.1, -0.05) is 47.1 Å².